The first-order valence-corrected chi connectivity index (χ1v) is 6.40. The van der Waals surface area contributed by atoms with Crippen molar-refractivity contribution < 1.29 is 4.79 Å². The summed E-state index contributed by atoms with van der Waals surface area (Å²) < 4.78 is 0. The van der Waals surface area contributed by atoms with Gasteiger partial charge in [-0.05, 0) is 18.9 Å². The van der Waals surface area contributed by atoms with Crippen molar-refractivity contribution in [3.63, 3.8) is 0 Å². The summed E-state index contributed by atoms with van der Waals surface area (Å²) in [7, 11) is 0. The fraction of sp³-hybridized carbons (Fsp3) is 0.333. The van der Waals surface area contributed by atoms with Crippen LogP contribution in [-0.4, -0.2) is 11.3 Å². The van der Waals surface area contributed by atoms with Gasteiger partial charge in [0.15, 0.2) is 6.29 Å². The van der Waals surface area contributed by atoms with Crippen LogP contribution in [0.15, 0.2) is 6.20 Å². The predicted molar refractivity (Wildman–Crippen MR) is 68.7 cm³/mol. The summed E-state index contributed by atoms with van der Waals surface area (Å²) in [5, 5.41) is 1.48. The van der Waals surface area contributed by atoms with E-state index in [2.05, 4.69) is 11.9 Å². The van der Waals surface area contributed by atoms with Gasteiger partial charge in [-0.3, -0.25) is 4.79 Å². The van der Waals surface area contributed by atoms with Crippen molar-refractivity contribution in [2.24, 2.45) is 0 Å². The number of rotatable bonds is 3. The van der Waals surface area contributed by atoms with E-state index in [4.69, 9.17) is 11.6 Å². The van der Waals surface area contributed by atoms with Crippen LogP contribution in [0, 0.1) is 6.92 Å². The van der Waals surface area contributed by atoms with E-state index in [1.54, 1.807) is 17.5 Å². The Balaban J connectivity index is 2.72. The van der Waals surface area contributed by atoms with E-state index in [0.29, 0.717) is 10.6 Å². The molecule has 4 heteroatoms. The van der Waals surface area contributed by atoms with Gasteiger partial charge in [0.25, 0.3) is 0 Å². The Hall–Kier alpha value is -0.930. The van der Waals surface area contributed by atoms with Crippen LogP contribution in [0.4, 0.5) is 0 Å². The van der Waals surface area contributed by atoms with Crippen LogP contribution >= 0.6 is 22.9 Å². The first kappa shape index (κ1) is 11.6. The normalized spacial score (nSPS) is 10.9. The third-order valence-corrected chi connectivity index (χ3v) is 4.29. The molecule has 0 unspecified atom stereocenters. The quantitative estimate of drug-likeness (QED) is 0.774. The molecule has 0 aliphatic carbocycles. The average Bonchev–Trinajstić information content (AvgIpc) is 2.58. The molecule has 0 bridgehead atoms. The highest BCUT2D eigenvalue weighted by molar-refractivity contribution is 7.19. The molecule has 0 saturated carbocycles. The summed E-state index contributed by atoms with van der Waals surface area (Å²) in [6.45, 7) is 4.20. The van der Waals surface area contributed by atoms with Crippen LogP contribution in [0.2, 0.25) is 5.02 Å². The van der Waals surface area contributed by atoms with Crippen molar-refractivity contribution in [1.29, 1.82) is 0 Å². The number of halogens is 1. The van der Waals surface area contributed by atoms with E-state index in [1.165, 1.54) is 10.4 Å². The zero-order chi connectivity index (χ0) is 11.7. The Bertz CT molecular complexity index is 547. The second-order valence-electron chi connectivity index (χ2n) is 3.73. The van der Waals surface area contributed by atoms with Gasteiger partial charge in [-0.1, -0.05) is 24.9 Å². The number of pyridine rings is 1. The highest BCUT2D eigenvalue weighted by atomic mass is 35.5. The van der Waals surface area contributed by atoms with Crippen LogP contribution in [0.1, 0.15) is 34.1 Å². The Morgan fingerprint density at radius 2 is 2.31 bits per heavy atom. The van der Waals surface area contributed by atoms with Gasteiger partial charge < -0.3 is 0 Å². The number of thiophene rings is 1. The Kier molecular flexibility index (Phi) is 3.26. The van der Waals surface area contributed by atoms with E-state index >= 15 is 0 Å². The minimum atomic E-state index is 0.470. The maximum Gasteiger partial charge on any atom is 0.153 e. The minimum Gasteiger partial charge on any atom is -0.298 e. The molecule has 2 aromatic heterocycles. The lowest BCUT2D eigenvalue weighted by molar-refractivity contribution is 0.112. The lowest BCUT2D eigenvalue weighted by atomic mass is 10.1. The van der Waals surface area contributed by atoms with Crippen LogP contribution in [-0.2, 0) is 6.42 Å². The zero-order valence-corrected chi connectivity index (χ0v) is 10.8. The molecule has 16 heavy (non-hydrogen) atoms. The Labute approximate surface area is 103 Å². The number of fused-ring (bicyclic) bond motifs is 1. The molecular formula is C12H12ClNOS. The van der Waals surface area contributed by atoms with Crippen molar-refractivity contribution in [3.05, 3.63) is 27.2 Å². The SMILES string of the molecule is CCCc1sc2ncc(C=O)c(Cl)c2c1C. The summed E-state index contributed by atoms with van der Waals surface area (Å²) >= 11 is 7.87. The van der Waals surface area contributed by atoms with Gasteiger partial charge in [-0.15, -0.1) is 11.3 Å². The van der Waals surface area contributed by atoms with Crippen molar-refractivity contribution in [3.8, 4) is 0 Å². The molecule has 0 radical (unpaired) electrons. The molecule has 0 aliphatic rings. The maximum atomic E-state index is 10.8. The minimum absolute atomic E-state index is 0.470. The molecule has 0 aliphatic heterocycles. The summed E-state index contributed by atoms with van der Waals surface area (Å²) in [5.74, 6) is 0. The zero-order valence-electron chi connectivity index (χ0n) is 9.21. The summed E-state index contributed by atoms with van der Waals surface area (Å²) in [6, 6.07) is 0. The highest BCUT2D eigenvalue weighted by Crippen LogP contribution is 2.36. The van der Waals surface area contributed by atoms with Crippen LogP contribution < -0.4 is 0 Å². The smallest absolute Gasteiger partial charge is 0.153 e. The first-order valence-electron chi connectivity index (χ1n) is 5.20. The highest BCUT2D eigenvalue weighted by Gasteiger charge is 2.14. The van der Waals surface area contributed by atoms with E-state index in [0.717, 1.165) is 29.3 Å². The van der Waals surface area contributed by atoms with E-state index in [-0.39, 0.29) is 0 Å². The number of aldehydes is 1. The van der Waals surface area contributed by atoms with Crippen molar-refractivity contribution in [1.82, 2.24) is 4.98 Å². The number of carbonyl (C=O) groups excluding carboxylic acids is 1. The molecule has 0 N–H and O–H groups in total. The van der Waals surface area contributed by atoms with E-state index < -0.39 is 0 Å². The van der Waals surface area contributed by atoms with Crippen molar-refractivity contribution in [2.45, 2.75) is 26.7 Å². The number of aryl methyl sites for hydroxylation is 2. The van der Waals surface area contributed by atoms with Crippen LogP contribution in [0.5, 0.6) is 0 Å². The molecule has 84 valence electrons. The molecular weight excluding hydrogens is 242 g/mol. The number of aromatic nitrogens is 1. The fourth-order valence-electron chi connectivity index (χ4n) is 1.77. The molecule has 2 nitrogen and oxygen atoms in total. The molecule has 0 fully saturated rings. The molecule has 0 amide bonds. The molecule has 0 saturated heterocycles. The Morgan fingerprint density at radius 3 is 2.94 bits per heavy atom. The molecule has 0 spiro atoms. The average molecular weight is 254 g/mol. The largest absolute Gasteiger partial charge is 0.298 e. The molecule has 2 heterocycles. The first-order chi connectivity index (χ1) is 7.69. The summed E-state index contributed by atoms with van der Waals surface area (Å²) in [5.41, 5.74) is 1.64. The van der Waals surface area contributed by atoms with Gasteiger partial charge in [0, 0.05) is 16.5 Å². The number of hydrogen-bond acceptors (Lipinski definition) is 3. The van der Waals surface area contributed by atoms with Crippen molar-refractivity contribution in [2.75, 3.05) is 0 Å². The summed E-state index contributed by atoms with van der Waals surface area (Å²) in [6.07, 6.45) is 4.44. The van der Waals surface area contributed by atoms with Gasteiger partial charge in [0.05, 0.1) is 10.6 Å². The van der Waals surface area contributed by atoms with E-state index in [1.807, 2.05) is 6.92 Å². The van der Waals surface area contributed by atoms with Crippen molar-refractivity contribution >= 4 is 39.4 Å². The van der Waals surface area contributed by atoms with Gasteiger partial charge in [0.1, 0.15) is 4.83 Å². The van der Waals surface area contributed by atoms with Gasteiger partial charge >= 0.3 is 0 Å². The molecule has 2 rings (SSSR count). The number of nitrogens with zero attached hydrogens (tertiary/aromatic N) is 1. The third-order valence-electron chi connectivity index (χ3n) is 2.62. The van der Waals surface area contributed by atoms with Crippen LogP contribution in [0.25, 0.3) is 10.2 Å². The third kappa shape index (κ3) is 1.74. The number of carbonyl (C=O) groups is 1. The monoisotopic (exact) mass is 253 g/mol. The number of hydrogen-bond donors (Lipinski definition) is 0. The molecule has 2 aromatic rings. The summed E-state index contributed by atoms with van der Waals surface area (Å²) in [4.78, 5) is 17.3. The second-order valence-corrected chi connectivity index (χ2v) is 5.19. The maximum absolute atomic E-state index is 10.8. The fourth-order valence-corrected chi connectivity index (χ4v) is 3.41. The standard InChI is InChI=1S/C12H12ClNOS/c1-3-4-9-7(2)10-11(13)8(6-15)5-14-12(10)16-9/h5-6H,3-4H2,1-2H3. The lowest BCUT2D eigenvalue weighted by Gasteiger charge is -1.99. The van der Waals surface area contributed by atoms with E-state index in [9.17, 15) is 4.79 Å². The predicted octanol–water partition coefficient (Wildman–Crippen LogP) is 4.02. The Morgan fingerprint density at radius 1 is 1.56 bits per heavy atom. The molecule has 0 atom stereocenters. The van der Waals surface area contributed by atoms with Gasteiger partial charge in [-0.2, -0.15) is 0 Å². The van der Waals surface area contributed by atoms with Gasteiger partial charge in [0.2, 0.25) is 0 Å². The van der Waals surface area contributed by atoms with Crippen LogP contribution in [0.3, 0.4) is 0 Å². The topological polar surface area (TPSA) is 30.0 Å². The molecule has 0 aromatic carbocycles. The lowest BCUT2D eigenvalue weighted by Crippen LogP contribution is -1.86. The second kappa shape index (κ2) is 4.52. The van der Waals surface area contributed by atoms with Gasteiger partial charge in [-0.25, -0.2) is 4.98 Å².